The first-order valence-corrected chi connectivity index (χ1v) is 8.95. The van der Waals surface area contributed by atoms with E-state index in [1.54, 1.807) is 6.07 Å². The molecular weight excluding hydrogens is 323 g/mol. The minimum atomic E-state index is -0.322. The van der Waals surface area contributed by atoms with Crippen molar-refractivity contribution in [2.45, 2.75) is 13.0 Å². The summed E-state index contributed by atoms with van der Waals surface area (Å²) in [5.74, 6) is -0.322. The number of nitrogens with zero attached hydrogens (tertiary/aromatic N) is 3. The zero-order chi connectivity index (χ0) is 16.7. The van der Waals surface area contributed by atoms with Crippen LogP contribution in [-0.4, -0.2) is 26.7 Å². The summed E-state index contributed by atoms with van der Waals surface area (Å²) < 4.78 is 19.1. The van der Waals surface area contributed by atoms with Crippen LogP contribution in [0.4, 0.5) is 10.1 Å². The number of anilines is 1. The molecule has 0 bridgehead atoms. The van der Waals surface area contributed by atoms with E-state index in [1.807, 2.05) is 19.2 Å². The van der Waals surface area contributed by atoms with Crippen LogP contribution in [0.25, 0.3) is 10.9 Å². The van der Waals surface area contributed by atoms with Gasteiger partial charge >= 0.3 is 0 Å². The van der Waals surface area contributed by atoms with Crippen molar-refractivity contribution >= 4 is 32.8 Å². The molecule has 2 unspecified atom stereocenters. The van der Waals surface area contributed by atoms with Crippen molar-refractivity contribution in [3.8, 4) is 0 Å². The van der Waals surface area contributed by atoms with E-state index in [0.717, 1.165) is 27.8 Å². The Balaban J connectivity index is 1.97. The molecule has 24 heavy (non-hydrogen) atoms. The Morgan fingerprint density at radius 3 is 2.83 bits per heavy atom. The number of aromatic nitrogens is 2. The summed E-state index contributed by atoms with van der Waals surface area (Å²) in [6.07, 6.45) is 3.08. The van der Waals surface area contributed by atoms with Crippen molar-refractivity contribution in [2.24, 2.45) is 0 Å². The number of nitrogens with one attached hydrogen (secondary N) is 1. The van der Waals surface area contributed by atoms with Crippen molar-refractivity contribution in [3.63, 3.8) is 0 Å². The Bertz CT molecular complexity index is 939. The number of hydrogen-bond acceptors (Lipinski definition) is 4. The van der Waals surface area contributed by atoms with Gasteiger partial charge in [-0.3, -0.25) is 9.97 Å². The molecule has 0 saturated heterocycles. The fourth-order valence-electron chi connectivity index (χ4n) is 3.10. The van der Waals surface area contributed by atoms with E-state index in [9.17, 15) is 4.39 Å². The quantitative estimate of drug-likeness (QED) is 0.676. The maximum atomic E-state index is 13.3. The molecule has 3 aromatic rings. The van der Waals surface area contributed by atoms with Gasteiger partial charge in [0.05, 0.1) is 29.1 Å². The largest absolute Gasteiger partial charge is 0.321 e. The molecule has 0 aliphatic carbocycles. The molecule has 0 spiro atoms. The fourth-order valence-corrected chi connectivity index (χ4v) is 4.57. The van der Waals surface area contributed by atoms with E-state index in [0.29, 0.717) is 0 Å². The standard InChI is InChI=1S/C18H17FN4S/c1-3-24-22-17-14(8-6-12-5-4-10-20-16(12)17)18(23(24)2)15-9-7-13(19)11-21-15/h3-11,18,22H,1-2H3. The molecule has 1 aliphatic rings. The molecule has 3 heterocycles. The van der Waals surface area contributed by atoms with Crippen LogP contribution in [0.1, 0.15) is 24.2 Å². The summed E-state index contributed by atoms with van der Waals surface area (Å²) in [5, 5.41) is 3.22. The van der Waals surface area contributed by atoms with Gasteiger partial charge in [-0.2, -0.15) is 0 Å². The van der Waals surface area contributed by atoms with Crippen LogP contribution in [0.2, 0.25) is 0 Å². The van der Waals surface area contributed by atoms with Gasteiger partial charge in [0.2, 0.25) is 0 Å². The van der Waals surface area contributed by atoms with E-state index in [4.69, 9.17) is 0 Å². The van der Waals surface area contributed by atoms with E-state index in [2.05, 4.69) is 49.6 Å². The first kappa shape index (κ1) is 15.2. The third-order valence-electron chi connectivity index (χ3n) is 4.24. The van der Waals surface area contributed by atoms with E-state index < -0.39 is 0 Å². The number of rotatable bonds is 1. The molecule has 2 atom stereocenters. The summed E-state index contributed by atoms with van der Waals surface area (Å²) in [5.41, 5.74) is 3.92. The van der Waals surface area contributed by atoms with Gasteiger partial charge in [0.15, 0.2) is 0 Å². The van der Waals surface area contributed by atoms with Crippen LogP contribution in [0, 0.1) is 5.82 Å². The summed E-state index contributed by atoms with van der Waals surface area (Å²) >= 11 is 0. The molecule has 1 aliphatic heterocycles. The molecule has 4 nitrogen and oxygen atoms in total. The maximum Gasteiger partial charge on any atom is 0.141 e. The number of fused-ring (bicyclic) bond motifs is 3. The van der Waals surface area contributed by atoms with Crippen LogP contribution in [-0.2, 0) is 0 Å². The third-order valence-corrected chi connectivity index (χ3v) is 5.93. The topological polar surface area (TPSA) is 41.1 Å². The average Bonchev–Trinajstić information content (AvgIpc) is 2.62. The van der Waals surface area contributed by atoms with Crippen LogP contribution in [0.5, 0.6) is 0 Å². The van der Waals surface area contributed by atoms with Crippen molar-refractivity contribution in [1.29, 1.82) is 0 Å². The molecular formula is C18H17FN4S. The second-order valence-corrected chi connectivity index (χ2v) is 7.49. The van der Waals surface area contributed by atoms with Gasteiger partial charge in [0.25, 0.3) is 0 Å². The van der Waals surface area contributed by atoms with Gasteiger partial charge in [-0.15, -0.1) is 0 Å². The molecule has 1 aromatic carbocycles. The monoisotopic (exact) mass is 340 g/mol. The van der Waals surface area contributed by atoms with Crippen molar-refractivity contribution < 1.29 is 4.39 Å². The summed E-state index contributed by atoms with van der Waals surface area (Å²) in [6.45, 7) is 2.03. The van der Waals surface area contributed by atoms with Gasteiger partial charge < -0.3 is 4.72 Å². The maximum absolute atomic E-state index is 13.3. The predicted octanol–water partition coefficient (Wildman–Crippen LogP) is 4.14. The average molecular weight is 340 g/mol. The zero-order valence-electron chi connectivity index (χ0n) is 13.4. The molecule has 0 saturated carbocycles. The predicted molar refractivity (Wildman–Crippen MR) is 98.5 cm³/mol. The van der Waals surface area contributed by atoms with Crippen LogP contribution < -0.4 is 4.72 Å². The Kier molecular flexibility index (Phi) is 3.78. The smallest absolute Gasteiger partial charge is 0.141 e. The molecule has 2 aromatic heterocycles. The summed E-state index contributed by atoms with van der Waals surface area (Å²) in [7, 11) is 1.79. The number of hydrogen-bond donors (Lipinski definition) is 1. The highest BCUT2D eigenvalue weighted by atomic mass is 32.2. The minimum absolute atomic E-state index is 0.0483. The molecule has 0 fully saturated rings. The van der Waals surface area contributed by atoms with E-state index in [1.165, 1.54) is 12.3 Å². The highest BCUT2D eigenvalue weighted by molar-refractivity contribution is 8.14. The van der Waals surface area contributed by atoms with Crippen molar-refractivity contribution in [3.05, 3.63) is 65.9 Å². The van der Waals surface area contributed by atoms with Crippen LogP contribution in [0.15, 0.2) is 48.8 Å². The Hall–Kier alpha value is -2.31. The second kappa shape index (κ2) is 5.96. The molecule has 0 amide bonds. The van der Waals surface area contributed by atoms with Crippen LogP contribution in [0.3, 0.4) is 0 Å². The molecule has 1 N–H and O–H groups in total. The van der Waals surface area contributed by atoms with Gasteiger partial charge in [-0.1, -0.05) is 18.2 Å². The highest BCUT2D eigenvalue weighted by Crippen LogP contribution is 2.45. The lowest BCUT2D eigenvalue weighted by atomic mass is 9.99. The lowest BCUT2D eigenvalue weighted by molar-refractivity contribution is 0.466. The molecule has 4 rings (SSSR count). The van der Waals surface area contributed by atoms with Crippen LogP contribution >= 0.6 is 10.9 Å². The van der Waals surface area contributed by atoms with Gasteiger partial charge in [-0.05, 0) is 48.4 Å². The SMILES string of the molecule is C/C=S1\Nc2c(ccc3cccnc23)C(c2ccc(F)cn2)N1C. The number of pyridine rings is 2. The third kappa shape index (κ3) is 2.39. The second-order valence-electron chi connectivity index (χ2n) is 5.61. The van der Waals surface area contributed by atoms with E-state index in [-0.39, 0.29) is 22.7 Å². The minimum Gasteiger partial charge on any atom is -0.321 e. The summed E-state index contributed by atoms with van der Waals surface area (Å²) in [6, 6.07) is 11.3. The lowest BCUT2D eigenvalue weighted by Crippen LogP contribution is -2.29. The van der Waals surface area contributed by atoms with Gasteiger partial charge in [0, 0.05) is 17.1 Å². The molecule has 6 heteroatoms. The Morgan fingerprint density at radius 2 is 2.08 bits per heavy atom. The van der Waals surface area contributed by atoms with Crippen molar-refractivity contribution in [1.82, 2.24) is 14.3 Å². The van der Waals surface area contributed by atoms with E-state index >= 15 is 0 Å². The lowest BCUT2D eigenvalue weighted by Gasteiger charge is -2.37. The fraction of sp³-hybridized carbons (Fsp3) is 0.167. The Morgan fingerprint density at radius 1 is 1.21 bits per heavy atom. The molecule has 0 radical (unpaired) electrons. The number of halogens is 1. The summed E-state index contributed by atoms with van der Waals surface area (Å²) in [4.78, 5) is 8.89. The van der Waals surface area contributed by atoms with Crippen molar-refractivity contribution in [2.75, 3.05) is 11.8 Å². The Labute approximate surface area is 142 Å². The molecule has 122 valence electrons. The normalized spacial score (nSPS) is 20.8. The number of benzene rings is 1. The highest BCUT2D eigenvalue weighted by Gasteiger charge is 2.31. The van der Waals surface area contributed by atoms with Gasteiger partial charge in [0.1, 0.15) is 5.82 Å². The first-order chi connectivity index (χ1) is 11.7. The first-order valence-electron chi connectivity index (χ1n) is 7.70. The zero-order valence-corrected chi connectivity index (χ0v) is 14.2. The van der Waals surface area contributed by atoms with Gasteiger partial charge in [-0.25, -0.2) is 8.70 Å².